The molecular weight excluding hydrogens is 610 g/mol. The van der Waals surface area contributed by atoms with E-state index in [1.165, 1.54) is 5.56 Å². The quantitative estimate of drug-likeness (QED) is 0.401. The third-order valence-electron chi connectivity index (χ3n) is 10.1. The first kappa shape index (κ1) is 33.8. The number of aryl methyl sites for hydroxylation is 1. The third-order valence-corrected chi connectivity index (χ3v) is 12.3. The van der Waals surface area contributed by atoms with E-state index in [1.807, 2.05) is 25.1 Å². The van der Waals surface area contributed by atoms with Crippen LogP contribution in [0.15, 0.2) is 48.6 Å². The van der Waals surface area contributed by atoms with Crippen LogP contribution in [0.3, 0.4) is 0 Å². The minimum absolute atomic E-state index is 0.209. The number of carbonyl (C=O) groups is 1. The Morgan fingerprint density at radius 1 is 1.11 bits per heavy atom. The van der Waals surface area contributed by atoms with E-state index >= 15 is 0 Å². The second-order valence-electron chi connectivity index (χ2n) is 13.4. The van der Waals surface area contributed by atoms with Crippen molar-refractivity contribution in [1.29, 1.82) is 0 Å². The van der Waals surface area contributed by atoms with Crippen molar-refractivity contribution in [2.45, 2.75) is 69.8 Å². The van der Waals surface area contributed by atoms with Gasteiger partial charge in [0.1, 0.15) is 18.0 Å². The van der Waals surface area contributed by atoms with Crippen molar-refractivity contribution in [2.75, 3.05) is 45.7 Å². The van der Waals surface area contributed by atoms with Crippen LogP contribution in [-0.2, 0) is 27.8 Å². The fourth-order valence-electron chi connectivity index (χ4n) is 7.13. The van der Waals surface area contributed by atoms with Gasteiger partial charge in [0.05, 0.1) is 10.9 Å². The molecule has 2 heterocycles. The summed E-state index contributed by atoms with van der Waals surface area (Å²) in [7, 11) is 2.00. The smallest absolute Gasteiger partial charge is 0.264 e. The van der Waals surface area contributed by atoms with Gasteiger partial charge in [-0.3, -0.25) is 4.79 Å². The Hall–Kier alpha value is -2.59. The first-order valence-electron chi connectivity index (χ1n) is 16.1. The van der Waals surface area contributed by atoms with Crippen LogP contribution in [0.2, 0.25) is 5.02 Å². The number of fused-ring (bicyclic) bond motifs is 3. The third kappa shape index (κ3) is 7.53. The van der Waals surface area contributed by atoms with E-state index in [4.69, 9.17) is 21.1 Å². The van der Waals surface area contributed by atoms with Crippen molar-refractivity contribution in [3.63, 3.8) is 0 Å². The summed E-state index contributed by atoms with van der Waals surface area (Å²) in [6.07, 6.45) is 9.77. The summed E-state index contributed by atoms with van der Waals surface area (Å²) in [5, 5.41) is -0.0524. The van der Waals surface area contributed by atoms with Gasteiger partial charge < -0.3 is 19.3 Å². The average molecular weight is 658 g/mol. The Bertz CT molecular complexity index is 1510. The maximum atomic E-state index is 13.4. The summed E-state index contributed by atoms with van der Waals surface area (Å²) >= 11 is 6.35. The molecule has 45 heavy (non-hydrogen) atoms. The molecule has 5 rings (SSSR count). The molecule has 1 saturated carbocycles. The van der Waals surface area contributed by atoms with Crippen molar-refractivity contribution in [1.82, 2.24) is 9.62 Å². The predicted octanol–water partition coefficient (Wildman–Crippen LogP) is 6.08. The number of nitrogens with zero attached hydrogens (tertiary/aromatic N) is 2. The Labute approximate surface area is 274 Å². The molecule has 2 aromatic carbocycles. The first-order chi connectivity index (χ1) is 21.4. The zero-order valence-electron chi connectivity index (χ0n) is 27.2. The molecule has 1 fully saturated rings. The number of sulfonamides is 1. The lowest BCUT2D eigenvalue weighted by Gasteiger charge is -2.50. The van der Waals surface area contributed by atoms with Crippen LogP contribution < -0.4 is 14.4 Å². The summed E-state index contributed by atoms with van der Waals surface area (Å²) in [5.74, 6) is 0.484. The number of rotatable bonds is 3. The molecule has 2 aliphatic heterocycles. The summed E-state index contributed by atoms with van der Waals surface area (Å²) in [6, 6.07) is 11.2. The maximum absolute atomic E-state index is 13.4. The lowest BCUT2D eigenvalue weighted by molar-refractivity contribution is -0.0860. The van der Waals surface area contributed by atoms with Gasteiger partial charge in [-0.15, -0.1) is 0 Å². The highest BCUT2D eigenvalue weighted by Gasteiger charge is 2.47. The molecule has 1 unspecified atom stereocenters. The number of allylic oxidation sites excluding steroid dienone is 1. The zero-order valence-corrected chi connectivity index (χ0v) is 28.8. The van der Waals surface area contributed by atoms with Gasteiger partial charge in [-0.25, -0.2) is 13.1 Å². The van der Waals surface area contributed by atoms with E-state index < -0.39 is 26.8 Å². The average Bonchev–Trinajstić information content (AvgIpc) is 3.00. The summed E-state index contributed by atoms with van der Waals surface area (Å²) in [5.41, 5.74) is 2.87. The molecule has 3 aliphatic rings. The van der Waals surface area contributed by atoms with Gasteiger partial charge in [0.25, 0.3) is 5.91 Å². The van der Waals surface area contributed by atoms with Gasteiger partial charge in [-0.2, -0.15) is 0 Å². The Kier molecular flexibility index (Phi) is 10.5. The molecule has 1 amide bonds. The molecular formula is C35H48ClN3O5S. The highest BCUT2D eigenvalue weighted by atomic mass is 35.5. The van der Waals surface area contributed by atoms with Crippen LogP contribution in [-0.4, -0.2) is 70.9 Å². The largest absolute Gasteiger partial charge is 0.487 e. The topological polar surface area (TPSA) is 88.2 Å². The van der Waals surface area contributed by atoms with Crippen LogP contribution in [0, 0.1) is 17.8 Å². The van der Waals surface area contributed by atoms with Crippen molar-refractivity contribution in [3.8, 4) is 5.75 Å². The van der Waals surface area contributed by atoms with E-state index in [2.05, 4.69) is 40.8 Å². The minimum atomic E-state index is -3.93. The number of nitrogens with one attached hydrogen (secondary N) is 1. The van der Waals surface area contributed by atoms with E-state index in [-0.39, 0.29) is 11.8 Å². The number of anilines is 1. The van der Waals surface area contributed by atoms with Crippen LogP contribution >= 0.6 is 11.6 Å². The fraction of sp³-hybridized carbons (Fsp3) is 0.571. The number of hydrogen-bond acceptors (Lipinski definition) is 7. The number of halogens is 1. The molecule has 1 aliphatic carbocycles. The van der Waals surface area contributed by atoms with Crippen molar-refractivity contribution >= 4 is 33.2 Å². The summed E-state index contributed by atoms with van der Waals surface area (Å²) < 4.78 is 42.0. The molecule has 0 radical (unpaired) electrons. The minimum Gasteiger partial charge on any atom is -0.487 e. The van der Waals surface area contributed by atoms with Crippen LogP contribution in [0.1, 0.15) is 67.4 Å². The standard InChI is InChI=1S/C35H48ClN3O5S/c1-24-9-8-17-35(43-5,23-38(3)4)31-15-12-28(31)21-39-18-7-6-10-26-19-30(36)14-11-29(26)22-44-33-16-13-27(20-32(33)39)34(40)37-45(41,42)25(24)2/h8,11,13-14,16-17,19-20,24-25,28,31H,6-7,9-10,12,15,18,21-23H2,1-5H3,(H,37,40)/b17-8+/t24-,25+,28?,31+,35+/m0/s1. The van der Waals surface area contributed by atoms with Gasteiger partial charge in [0, 0.05) is 37.3 Å². The molecule has 1 N–H and O–H groups in total. The number of carbonyl (C=O) groups excluding carboxylic acids is 1. The summed E-state index contributed by atoms with van der Waals surface area (Å²) in [6.45, 7) is 6.23. The van der Waals surface area contributed by atoms with Gasteiger partial charge in [-0.05, 0) is 119 Å². The molecule has 0 spiro atoms. The monoisotopic (exact) mass is 657 g/mol. The van der Waals surface area contributed by atoms with E-state index in [0.29, 0.717) is 35.3 Å². The second-order valence-corrected chi connectivity index (χ2v) is 15.9. The lowest BCUT2D eigenvalue weighted by Crippen LogP contribution is -2.55. The Morgan fingerprint density at radius 3 is 2.62 bits per heavy atom. The zero-order chi connectivity index (χ0) is 32.4. The number of likely N-dealkylation sites (N-methyl/N-ethyl adjacent to an activating group) is 1. The molecule has 5 atom stereocenters. The van der Waals surface area contributed by atoms with Crippen molar-refractivity contribution in [2.24, 2.45) is 17.8 Å². The SMILES string of the molecule is CO[C@@]1(CN(C)C)/C=C/C[C@H](C)[C@@H](C)S(=O)(=O)NC(=O)c2ccc3c(c2)N(CCCCc2cc(Cl)ccc2CO3)CC2CC[C@H]21. The van der Waals surface area contributed by atoms with Gasteiger partial charge >= 0.3 is 0 Å². The molecule has 2 bridgehead atoms. The number of benzene rings is 2. The Morgan fingerprint density at radius 2 is 1.91 bits per heavy atom. The normalized spacial score (nSPS) is 29.7. The van der Waals surface area contributed by atoms with Crippen LogP contribution in [0.5, 0.6) is 5.75 Å². The molecule has 0 saturated heterocycles. The van der Waals surface area contributed by atoms with Crippen LogP contribution in [0.25, 0.3) is 0 Å². The van der Waals surface area contributed by atoms with Gasteiger partial charge in [-0.1, -0.05) is 36.7 Å². The maximum Gasteiger partial charge on any atom is 0.264 e. The highest BCUT2D eigenvalue weighted by molar-refractivity contribution is 7.90. The predicted molar refractivity (Wildman–Crippen MR) is 181 cm³/mol. The fourth-order valence-corrected chi connectivity index (χ4v) is 8.61. The first-order valence-corrected chi connectivity index (χ1v) is 18.1. The molecule has 0 aromatic heterocycles. The van der Waals surface area contributed by atoms with Crippen LogP contribution in [0.4, 0.5) is 5.69 Å². The van der Waals surface area contributed by atoms with Crippen molar-refractivity contribution < 1.29 is 22.7 Å². The number of amides is 1. The highest BCUT2D eigenvalue weighted by Crippen LogP contribution is 2.46. The molecule has 2 aromatic rings. The molecule has 10 heteroatoms. The Balaban J connectivity index is 1.59. The lowest BCUT2D eigenvalue weighted by atomic mass is 9.64. The number of methoxy groups -OCH3 is 1. The second kappa shape index (κ2) is 14.0. The van der Waals surface area contributed by atoms with E-state index in [1.54, 1.807) is 32.2 Å². The number of ether oxygens (including phenoxy) is 2. The molecule has 246 valence electrons. The van der Waals surface area contributed by atoms with Gasteiger partial charge in [0.2, 0.25) is 10.0 Å². The molecule has 8 nitrogen and oxygen atoms in total. The van der Waals surface area contributed by atoms with E-state index in [0.717, 1.165) is 63.0 Å². The summed E-state index contributed by atoms with van der Waals surface area (Å²) in [4.78, 5) is 18.0. The van der Waals surface area contributed by atoms with Crippen molar-refractivity contribution in [3.05, 3.63) is 70.3 Å². The van der Waals surface area contributed by atoms with E-state index in [9.17, 15) is 13.2 Å². The number of hydrogen-bond donors (Lipinski definition) is 1. The van der Waals surface area contributed by atoms with Gasteiger partial charge in [0.15, 0.2) is 0 Å².